The molecule has 0 amide bonds. The van der Waals surface area contributed by atoms with E-state index in [0.717, 1.165) is 27.1 Å². The lowest BCUT2D eigenvalue weighted by atomic mass is 9.98. The smallest absolute Gasteiger partial charge is 0.331 e. The highest BCUT2D eigenvalue weighted by molar-refractivity contribution is 5.99. The Morgan fingerprint density at radius 1 is 0.919 bits per heavy atom. The maximum Gasteiger partial charge on any atom is 0.331 e. The SMILES string of the molecule is Cc1cccc(-c2c3c(=O)n(C)c(=O)n(C)c3c3n2-c2ccccc2NC3c2ccccc2[N+](=O)[O-])c1. The summed E-state index contributed by atoms with van der Waals surface area (Å²) in [5.74, 6) is 0. The van der Waals surface area contributed by atoms with Crippen LogP contribution in [0, 0.1) is 17.0 Å². The minimum atomic E-state index is -0.699. The molecule has 0 aliphatic carbocycles. The van der Waals surface area contributed by atoms with E-state index < -0.39 is 22.2 Å². The zero-order chi connectivity index (χ0) is 26.0. The highest BCUT2D eigenvalue weighted by atomic mass is 16.6. The van der Waals surface area contributed by atoms with Gasteiger partial charge in [0.25, 0.3) is 11.2 Å². The molecule has 6 rings (SSSR count). The Kier molecular flexibility index (Phi) is 4.91. The summed E-state index contributed by atoms with van der Waals surface area (Å²) < 4.78 is 4.54. The molecule has 1 atom stereocenters. The first-order chi connectivity index (χ1) is 17.8. The molecule has 184 valence electrons. The van der Waals surface area contributed by atoms with E-state index in [2.05, 4.69) is 5.32 Å². The Morgan fingerprint density at radius 3 is 2.41 bits per heavy atom. The molecule has 5 aromatic rings. The normalized spacial score (nSPS) is 14.2. The van der Waals surface area contributed by atoms with Gasteiger partial charge in [-0.05, 0) is 36.8 Å². The number of nitrogens with zero attached hydrogens (tertiary/aromatic N) is 4. The van der Waals surface area contributed by atoms with E-state index in [1.807, 2.05) is 60.0 Å². The molecule has 1 aliphatic rings. The Balaban J connectivity index is 1.88. The van der Waals surface area contributed by atoms with Gasteiger partial charge in [-0.1, -0.05) is 48.0 Å². The second-order valence-corrected chi connectivity index (χ2v) is 9.28. The molecule has 0 fully saturated rings. The van der Waals surface area contributed by atoms with Gasteiger partial charge in [0, 0.05) is 20.2 Å². The van der Waals surface area contributed by atoms with Crippen LogP contribution in [-0.2, 0) is 14.1 Å². The summed E-state index contributed by atoms with van der Waals surface area (Å²) in [6, 6.07) is 21.3. The predicted molar refractivity (Wildman–Crippen MR) is 142 cm³/mol. The maximum atomic E-state index is 13.7. The van der Waals surface area contributed by atoms with Gasteiger partial charge in [-0.2, -0.15) is 0 Å². The second-order valence-electron chi connectivity index (χ2n) is 9.28. The summed E-state index contributed by atoms with van der Waals surface area (Å²) in [5.41, 5.74) is 4.54. The molecule has 0 bridgehead atoms. The van der Waals surface area contributed by atoms with Gasteiger partial charge in [-0.25, -0.2) is 4.79 Å². The number of hydrogen-bond donors (Lipinski definition) is 1. The maximum absolute atomic E-state index is 13.7. The number of nitrogens with one attached hydrogen (secondary N) is 1. The Labute approximate surface area is 211 Å². The van der Waals surface area contributed by atoms with Crippen LogP contribution < -0.4 is 16.6 Å². The molecule has 9 heteroatoms. The zero-order valence-electron chi connectivity index (χ0n) is 20.4. The van der Waals surface area contributed by atoms with Crippen molar-refractivity contribution in [2.75, 3.05) is 5.32 Å². The summed E-state index contributed by atoms with van der Waals surface area (Å²) in [7, 11) is 3.09. The molecule has 0 radical (unpaired) electrons. The number of aryl methyl sites for hydroxylation is 2. The van der Waals surface area contributed by atoms with E-state index in [4.69, 9.17) is 0 Å². The third-order valence-corrected chi connectivity index (χ3v) is 7.06. The Morgan fingerprint density at radius 2 is 1.65 bits per heavy atom. The van der Waals surface area contributed by atoms with Crippen LogP contribution in [0.1, 0.15) is 22.9 Å². The van der Waals surface area contributed by atoms with Crippen LogP contribution in [0.2, 0.25) is 0 Å². The lowest BCUT2D eigenvalue weighted by molar-refractivity contribution is -0.385. The minimum Gasteiger partial charge on any atom is -0.371 e. The molecular formula is C28H23N5O4. The highest BCUT2D eigenvalue weighted by Gasteiger charge is 2.37. The van der Waals surface area contributed by atoms with Crippen molar-refractivity contribution in [3.05, 3.63) is 121 Å². The fraction of sp³-hybridized carbons (Fsp3) is 0.143. The van der Waals surface area contributed by atoms with Gasteiger partial charge in [-0.3, -0.25) is 24.0 Å². The van der Waals surface area contributed by atoms with Crippen LogP contribution >= 0.6 is 0 Å². The van der Waals surface area contributed by atoms with Crippen molar-refractivity contribution < 1.29 is 4.92 Å². The topological polar surface area (TPSA) is 104 Å². The molecule has 3 aromatic carbocycles. The van der Waals surface area contributed by atoms with Crippen LogP contribution in [0.5, 0.6) is 0 Å². The Bertz CT molecular complexity index is 1880. The first-order valence-corrected chi connectivity index (χ1v) is 11.8. The van der Waals surface area contributed by atoms with Gasteiger partial charge in [0.1, 0.15) is 6.04 Å². The van der Waals surface area contributed by atoms with E-state index in [1.165, 1.54) is 17.7 Å². The lowest BCUT2D eigenvalue weighted by Crippen LogP contribution is -2.37. The van der Waals surface area contributed by atoms with E-state index in [-0.39, 0.29) is 5.69 Å². The third-order valence-electron chi connectivity index (χ3n) is 7.06. The number of anilines is 1. The summed E-state index contributed by atoms with van der Waals surface area (Å²) >= 11 is 0. The quantitative estimate of drug-likeness (QED) is 0.296. The highest BCUT2D eigenvalue weighted by Crippen LogP contribution is 2.46. The van der Waals surface area contributed by atoms with Gasteiger partial charge in [0.2, 0.25) is 0 Å². The number of nitro groups is 1. The Hall–Kier alpha value is -4.92. The van der Waals surface area contributed by atoms with Crippen molar-refractivity contribution in [3.8, 4) is 16.9 Å². The average Bonchev–Trinajstić information content (AvgIpc) is 3.27. The molecule has 0 saturated carbocycles. The number of rotatable bonds is 3. The van der Waals surface area contributed by atoms with Gasteiger partial charge in [0.15, 0.2) is 0 Å². The van der Waals surface area contributed by atoms with Crippen molar-refractivity contribution in [1.82, 2.24) is 13.7 Å². The van der Waals surface area contributed by atoms with E-state index in [0.29, 0.717) is 27.9 Å². The number of para-hydroxylation sites is 3. The monoisotopic (exact) mass is 493 g/mol. The van der Waals surface area contributed by atoms with Crippen molar-refractivity contribution in [2.45, 2.75) is 13.0 Å². The van der Waals surface area contributed by atoms with Crippen molar-refractivity contribution in [2.24, 2.45) is 14.1 Å². The minimum absolute atomic E-state index is 0.0498. The molecule has 37 heavy (non-hydrogen) atoms. The summed E-state index contributed by atoms with van der Waals surface area (Å²) in [4.78, 5) is 38.5. The van der Waals surface area contributed by atoms with Gasteiger partial charge in [0.05, 0.1) is 44.2 Å². The molecule has 9 nitrogen and oxygen atoms in total. The fourth-order valence-electron chi connectivity index (χ4n) is 5.42. The van der Waals surface area contributed by atoms with Crippen LogP contribution in [0.4, 0.5) is 11.4 Å². The van der Waals surface area contributed by atoms with Gasteiger partial charge >= 0.3 is 5.69 Å². The molecule has 0 spiro atoms. The van der Waals surface area contributed by atoms with Gasteiger partial charge in [-0.15, -0.1) is 0 Å². The molecule has 2 aromatic heterocycles. The number of nitro benzene ring substituents is 1. The number of benzene rings is 3. The third kappa shape index (κ3) is 3.17. The first kappa shape index (κ1) is 22.5. The molecule has 1 unspecified atom stereocenters. The predicted octanol–water partition coefficient (Wildman–Crippen LogP) is 4.43. The lowest BCUT2D eigenvalue weighted by Gasteiger charge is -2.31. The summed E-state index contributed by atoms with van der Waals surface area (Å²) in [5, 5.41) is 15.9. The molecule has 1 aliphatic heterocycles. The number of fused-ring (bicyclic) bond motifs is 5. The van der Waals surface area contributed by atoms with Crippen LogP contribution in [0.3, 0.4) is 0 Å². The zero-order valence-corrected chi connectivity index (χ0v) is 20.4. The van der Waals surface area contributed by atoms with Crippen molar-refractivity contribution >= 4 is 22.3 Å². The fourth-order valence-corrected chi connectivity index (χ4v) is 5.42. The van der Waals surface area contributed by atoms with Crippen molar-refractivity contribution in [3.63, 3.8) is 0 Å². The van der Waals surface area contributed by atoms with Crippen molar-refractivity contribution in [1.29, 1.82) is 0 Å². The molecule has 0 saturated heterocycles. The summed E-state index contributed by atoms with van der Waals surface area (Å²) in [6.07, 6.45) is 0. The van der Waals surface area contributed by atoms with Crippen LogP contribution in [-0.4, -0.2) is 18.6 Å². The average molecular weight is 494 g/mol. The van der Waals surface area contributed by atoms with E-state index in [9.17, 15) is 19.7 Å². The van der Waals surface area contributed by atoms with E-state index >= 15 is 0 Å². The summed E-state index contributed by atoms with van der Waals surface area (Å²) in [6.45, 7) is 1.98. The molecule has 1 N–H and O–H groups in total. The molecular weight excluding hydrogens is 470 g/mol. The van der Waals surface area contributed by atoms with Crippen LogP contribution in [0.15, 0.2) is 82.4 Å². The second kappa shape index (κ2) is 8.06. The largest absolute Gasteiger partial charge is 0.371 e. The standard InChI is InChI=1S/C28H23N5O4/c1-16-9-8-10-17(15-16)24-22-25(30(2)28(35)31(3)27(22)34)26-23(18-11-4-6-13-20(18)33(36)37)29-19-12-5-7-14-21(19)32(24)26/h4-15,23,29H,1-3H3. The van der Waals surface area contributed by atoms with Crippen LogP contribution in [0.25, 0.3) is 27.8 Å². The number of hydrogen-bond acceptors (Lipinski definition) is 5. The first-order valence-electron chi connectivity index (χ1n) is 11.8. The molecule has 3 heterocycles. The number of aromatic nitrogens is 3. The van der Waals surface area contributed by atoms with Gasteiger partial charge < -0.3 is 9.88 Å². The van der Waals surface area contributed by atoms with E-state index in [1.54, 1.807) is 25.2 Å².